The fourth-order valence-electron chi connectivity index (χ4n) is 6.20. The first-order chi connectivity index (χ1) is 16.5. The zero-order valence-electron chi connectivity index (χ0n) is 19.8. The number of aromatic nitrogens is 2. The van der Waals surface area contributed by atoms with Gasteiger partial charge >= 0.3 is 11.7 Å². The average Bonchev–Trinajstić information content (AvgIpc) is 3.13. The van der Waals surface area contributed by atoms with Gasteiger partial charge in [-0.15, -0.1) is 0 Å². The van der Waals surface area contributed by atoms with Crippen molar-refractivity contribution in [1.82, 2.24) is 19.4 Å². The van der Waals surface area contributed by atoms with Crippen LogP contribution in [0, 0.1) is 17.8 Å². The summed E-state index contributed by atoms with van der Waals surface area (Å²) in [4.78, 5) is 44.2. The molecule has 2 unspecified atom stereocenters. The highest BCUT2D eigenvalue weighted by Gasteiger charge is 2.36. The third-order valence-electron chi connectivity index (χ3n) is 8.46. The number of hydrogen-bond acceptors (Lipinski definition) is 4. The van der Waals surface area contributed by atoms with Gasteiger partial charge in [0.2, 0.25) is 5.91 Å². The van der Waals surface area contributed by atoms with Crippen molar-refractivity contribution < 1.29 is 14.7 Å². The highest BCUT2D eigenvalue weighted by Crippen LogP contribution is 2.34. The van der Waals surface area contributed by atoms with E-state index < -0.39 is 5.97 Å². The lowest BCUT2D eigenvalue weighted by atomic mass is 9.79. The van der Waals surface area contributed by atoms with E-state index in [4.69, 9.17) is 0 Å². The zero-order valence-corrected chi connectivity index (χ0v) is 19.8. The number of para-hydroxylation sites is 2. The number of aromatic amines is 1. The Balaban J connectivity index is 1.17. The quantitative estimate of drug-likeness (QED) is 0.651. The molecule has 1 aliphatic carbocycles. The van der Waals surface area contributed by atoms with Crippen LogP contribution in [0.2, 0.25) is 0 Å². The van der Waals surface area contributed by atoms with E-state index >= 15 is 0 Å². The first-order valence-electron chi connectivity index (χ1n) is 12.9. The number of aliphatic carboxylic acids is 1. The number of likely N-dealkylation sites (tertiary alicyclic amines) is 2. The third-order valence-corrected chi connectivity index (χ3v) is 8.46. The molecule has 2 atom stereocenters. The number of piperidine rings is 2. The van der Waals surface area contributed by atoms with Crippen molar-refractivity contribution in [2.24, 2.45) is 17.8 Å². The Kier molecular flexibility index (Phi) is 6.77. The Labute approximate surface area is 199 Å². The molecule has 1 saturated carbocycles. The topological polar surface area (TPSA) is 98.6 Å². The minimum Gasteiger partial charge on any atom is -0.481 e. The number of H-pyrrole nitrogens is 1. The maximum absolute atomic E-state index is 12.8. The smallest absolute Gasteiger partial charge is 0.326 e. The summed E-state index contributed by atoms with van der Waals surface area (Å²) < 4.78 is 1.92. The second-order valence-electron chi connectivity index (χ2n) is 10.5. The lowest BCUT2D eigenvalue weighted by Gasteiger charge is -2.42. The number of nitrogens with zero attached hydrogens (tertiary/aromatic N) is 3. The molecule has 0 radical (unpaired) electrons. The van der Waals surface area contributed by atoms with Crippen molar-refractivity contribution in [3.63, 3.8) is 0 Å². The number of imidazole rings is 1. The molecule has 2 saturated heterocycles. The summed E-state index contributed by atoms with van der Waals surface area (Å²) in [5, 5.41) is 9.41. The van der Waals surface area contributed by atoms with Crippen molar-refractivity contribution >= 4 is 22.9 Å². The van der Waals surface area contributed by atoms with Gasteiger partial charge < -0.3 is 19.9 Å². The monoisotopic (exact) mass is 468 g/mol. The van der Waals surface area contributed by atoms with Crippen LogP contribution in [0.25, 0.3) is 11.0 Å². The van der Waals surface area contributed by atoms with Gasteiger partial charge in [0.15, 0.2) is 0 Å². The molecule has 3 fully saturated rings. The number of amides is 1. The van der Waals surface area contributed by atoms with Crippen molar-refractivity contribution in [2.45, 2.75) is 57.4 Å². The van der Waals surface area contributed by atoms with Gasteiger partial charge in [-0.05, 0) is 69.0 Å². The van der Waals surface area contributed by atoms with Crippen LogP contribution in [0.5, 0.6) is 0 Å². The molecule has 1 aromatic heterocycles. The van der Waals surface area contributed by atoms with Crippen LogP contribution in [-0.2, 0) is 9.59 Å². The zero-order chi connectivity index (χ0) is 23.7. The van der Waals surface area contributed by atoms with Crippen LogP contribution >= 0.6 is 0 Å². The molecule has 2 aromatic rings. The number of carboxylic acids is 1. The fraction of sp³-hybridized carbons (Fsp3) is 0.654. The summed E-state index contributed by atoms with van der Waals surface area (Å²) in [6.45, 7) is 4.18. The second-order valence-corrected chi connectivity index (χ2v) is 10.5. The van der Waals surface area contributed by atoms with Crippen LogP contribution in [0.4, 0.5) is 0 Å². The number of carbonyl (C=O) groups is 2. The number of hydrogen-bond donors (Lipinski definition) is 2. The first-order valence-corrected chi connectivity index (χ1v) is 12.9. The fourth-order valence-corrected chi connectivity index (χ4v) is 6.20. The van der Waals surface area contributed by atoms with Gasteiger partial charge in [-0.25, -0.2) is 4.79 Å². The lowest BCUT2D eigenvalue weighted by molar-refractivity contribution is -0.142. The molecule has 5 rings (SSSR count). The molecule has 3 heterocycles. The van der Waals surface area contributed by atoms with Crippen LogP contribution in [0.15, 0.2) is 29.1 Å². The van der Waals surface area contributed by atoms with Crippen molar-refractivity contribution in [3.8, 4) is 0 Å². The van der Waals surface area contributed by atoms with E-state index in [2.05, 4.69) is 9.88 Å². The standard InChI is InChI=1S/C26H36N4O4/c31-24(32)16-19-9-15-29(25(33)18-4-3-5-18)17-20(19)8-12-28-13-10-21(11-14-28)30-23-7-2-1-6-22(23)27-26(30)34/h1-2,6-7,18-21H,3-5,8-17H2,(H,27,34)(H,31,32). The molecule has 3 aliphatic rings. The lowest BCUT2D eigenvalue weighted by Crippen LogP contribution is -2.48. The highest BCUT2D eigenvalue weighted by molar-refractivity contribution is 5.79. The average molecular weight is 469 g/mol. The van der Waals surface area contributed by atoms with Gasteiger partial charge in [0.25, 0.3) is 0 Å². The van der Waals surface area contributed by atoms with Gasteiger partial charge in [-0.1, -0.05) is 18.6 Å². The number of benzene rings is 1. The largest absolute Gasteiger partial charge is 0.481 e. The minimum atomic E-state index is -0.737. The van der Waals surface area contributed by atoms with Gasteiger partial charge in [0, 0.05) is 44.6 Å². The van der Waals surface area contributed by atoms with E-state index in [1.807, 2.05) is 33.7 Å². The molecule has 2 N–H and O–H groups in total. The number of carboxylic acid groups (broad SMARTS) is 1. The van der Waals surface area contributed by atoms with Crippen molar-refractivity contribution in [1.29, 1.82) is 0 Å². The Morgan fingerprint density at radius 2 is 1.76 bits per heavy atom. The molecular formula is C26H36N4O4. The summed E-state index contributed by atoms with van der Waals surface area (Å²) in [5.74, 6) is 0.130. The highest BCUT2D eigenvalue weighted by atomic mass is 16.4. The molecule has 1 aromatic carbocycles. The van der Waals surface area contributed by atoms with Gasteiger partial charge in [-0.3, -0.25) is 14.2 Å². The number of nitrogens with one attached hydrogen (secondary N) is 1. The van der Waals surface area contributed by atoms with Crippen molar-refractivity contribution in [2.75, 3.05) is 32.7 Å². The molecule has 0 bridgehead atoms. The van der Waals surface area contributed by atoms with Crippen LogP contribution in [0.1, 0.15) is 57.4 Å². The summed E-state index contributed by atoms with van der Waals surface area (Å²) >= 11 is 0. The number of carbonyl (C=O) groups excluding carboxylic acids is 1. The van der Waals surface area contributed by atoms with Gasteiger partial charge in [-0.2, -0.15) is 0 Å². The Morgan fingerprint density at radius 3 is 2.47 bits per heavy atom. The molecule has 0 spiro atoms. The Morgan fingerprint density at radius 1 is 1.00 bits per heavy atom. The summed E-state index contributed by atoms with van der Waals surface area (Å²) in [7, 11) is 0. The maximum Gasteiger partial charge on any atom is 0.326 e. The van der Waals surface area contributed by atoms with Gasteiger partial charge in [0.1, 0.15) is 0 Å². The van der Waals surface area contributed by atoms with Gasteiger partial charge in [0.05, 0.1) is 11.0 Å². The Hall–Kier alpha value is -2.61. The van der Waals surface area contributed by atoms with Crippen LogP contribution in [0.3, 0.4) is 0 Å². The maximum atomic E-state index is 12.8. The number of rotatable bonds is 7. The molecule has 8 nitrogen and oxygen atoms in total. The second kappa shape index (κ2) is 9.94. The van der Waals surface area contributed by atoms with E-state index in [1.165, 1.54) is 0 Å². The Bertz CT molecular complexity index is 1080. The minimum absolute atomic E-state index is 0.0328. The third kappa shape index (κ3) is 4.78. The molecule has 1 amide bonds. The van der Waals surface area contributed by atoms with E-state index in [9.17, 15) is 19.5 Å². The molecule has 34 heavy (non-hydrogen) atoms. The van der Waals surface area contributed by atoms with E-state index in [0.717, 1.165) is 75.6 Å². The molecule has 2 aliphatic heterocycles. The molecule has 8 heteroatoms. The summed E-state index contributed by atoms with van der Waals surface area (Å²) in [6.07, 6.45) is 6.93. The summed E-state index contributed by atoms with van der Waals surface area (Å²) in [5.41, 5.74) is 1.83. The van der Waals surface area contributed by atoms with Crippen LogP contribution in [-0.4, -0.2) is 69.1 Å². The van der Waals surface area contributed by atoms with E-state index in [-0.39, 0.29) is 41.8 Å². The van der Waals surface area contributed by atoms with Crippen molar-refractivity contribution in [3.05, 3.63) is 34.7 Å². The molecular weight excluding hydrogens is 432 g/mol. The van der Waals surface area contributed by atoms with Crippen LogP contribution < -0.4 is 5.69 Å². The normalized spacial score (nSPS) is 24.9. The molecule has 184 valence electrons. The van der Waals surface area contributed by atoms with E-state index in [1.54, 1.807) is 0 Å². The predicted octanol–water partition coefficient (Wildman–Crippen LogP) is 3.10. The SMILES string of the molecule is O=C(O)CC1CCN(C(=O)C2CCC2)CC1CCN1CCC(n2c(=O)[nH]c3ccccc32)CC1. The van der Waals surface area contributed by atoms with E-state index in [0.29, 0.717) is 13.1 Å². The summed E-state index contributed by atoms with van der Waals surface area (Å²) in [6, 6.07) is 8.05. The number of fused-ring (bicyclic) bond motifs is 1. The predicted molar refractivity (Wildman–Crippen MR) is 130 cm³/mol. The first kappa shape index (κ1) is 23.1.